The number of hydrogen-bond donors (Lipinski definition) is 1. The van der Waals surface area contributed by atoms with Crippen LogP contribution < -0.4 is 5.32 Å². The normalized spacial score (nSPS) is 9.81. The average Bonchev–Trinajstić information content (AvgIpc) is 2.38. The Labute approximate surface area is 95.7 Å². The minimum atomic E-state index is 1.09. The fraction of sp³-hybridized carbons (Fsp3) is 0.0714. The van der Waals surface area contributed by atoms with Crippen LogP contribution >= 0.6 is 0 Å². The van der Waals surface area contributed by atoms with E-state index >= 15 is 0 Å². The Hall–Kier alpha value is -2.09. The summed E-state index contributed by atoms with van der Waals surface area (Å²) in [6, 6.07) is 10.2. The molecule has 0 saturated heterocycles. The fourth-order valence-corrected chi connectivity index (χ4v) is 1.79. The van der Waals surface area contributed by atoms with E-state index in [1.807, 2.05) is 37.4 Å². The van der Waals surface area contributed by atoms with Gasteiger partial charge in [-0.1, -0.05) is 24.8 Å². The molecule has 0 bridgehead atoms. The largest absolute Gasteiger partial charge is 0.388 e. The van der Waals surface area contributed by atoms with Gasteiger partial charge in [-0.2, -0.15) is 0 Å². The molecule has 1 heterocycles. The van der Waals surface area contributed by atoms with Crippen molar-refractivity contribution in [1.82, 2.24) is 4.98 Å². The van der Waals surface area contributed by atoms with Crippen LogP contribution in [0.4, 0.5) is 5.69 Å². The predicted molar refractivity (Wildman–Crippen MR) is 69.3 cm³/mol. The molecule has 1 N–H and O–H groups in total. The molecule has 0 fully saturated rings. The van der Waals surface area contributed by atoms with Crippen molar-refractivity contribution in [1.29, 1.82) is 0 Å². The number of benzene rings is 1. The Balaban J connectivity index is 2.61. The molecule has 0 spiro atoms. The van der Waals surface area contributed by atoms with Crippen molar-refractivity contribution in [2.24, 2.45) is 0 Å². The van der Waals surface area contributed by atoms with Crippen molar-refractivity contribution in [3.05, 3.63) is 54.9 Å². The second-order valence-electron chi connectivity index (χ2n) is 3.46. The zero-order chi connectivity index (χ0) is 11.4. The molecule has 2 rings (SSSR count). The number of rotatable bonds is 3. The summed E-state index contributed by atoms with van der Waals surface area (Å²) in [6.45, 7) is 3.87. The summed E-state index contributed by atoms with van der Waals surface area (Å²) in [5.41, 5.74) is 4.53. The van der Waals surface area contributed by atoms with Crippen LogP contribution in [0.25, 0.3) is 17.2 Å². The van der Waals surface area contributed by atoms with E-state index in [0.717, 1.165) is 16.8 Å². The second kappa shape index (κ2) is 4.62. The lowest BCUT2D eigenvalue weighted by Gasteiger charge is -2.11. The molecule has 0 aliphatic rings. The van der Waals surface area contributed by atoms with Gasteiger partial charge in [0.15, 0.2) is 0 Å². The first-order valence-corrected chi connectivity index (χ1v) is 5.20. The molecule has 2 nitrogen and oxygen atoms in total. The Bertz CT molecular complexity index is 489. The predicted octanol–water partition coefficient (Wildman–Crippen LogP) is 3.43. The van der Waals surface area contributed by atoms with Crippen LogP contribution in [0.15, 0.2) is 49.3 Å². The summed E-state index contributed by atoms with van der Waals surface area (Å²) < 4.78 is 0. The molecule has 2 heteroatoms. The average molecular weight is 210 g/mol. The minimum Gasteiger partial charge on any atom is -0.388 e. The maximum absolute atomic E-state index is 4.03. The number of aromatic nitrogens is 1. The molecular weight excluding hydrogens is 196 g/mol. The molecular formula is C14H14N2. The highest BCUT2D eigenvalue weighted by atomic mass is 14.8. The molecule has 0 saturated carbocycles. The molecule has 0 amide bonds. The first kappa shape index (κ1) is 10.4. The summed E-state index contributed by atoms with van der Waals surface area (Å²) >= 11 is 0. The molecule has 0 radical (unpaired) electrons. The first-order chi connectivity index (χ1) is 7.86. The molecule has 16 heavy (non-hydrogen) atoms. The summed E-state index contributed by atoms with van der Waals surface area (Å²) in [6.07, 6.45) is 5.48. The summed E-state index contributed by atoms with van der Waals surface area (Å²) in [4.78, 5) is 4.03. The summed E-state index contributed by atoms with van der Waals surface area (Å²) in [5.74, 6) is 0. The Kier molecular flexibility index (Phi) is 3.01. The molecule has 1 aromatic heterocycles. The third kappa shape index (κ3) is 1.82. The van der Waals surface area contributed by atoms with E-state index in [0.29, 0.717) is 0 Å². The summed E-state index contributed by atoms with van der Waals surface area (Å²) in [7, 11) is 1.92. The van der Waals surface area contributed by atoms with E-state index in [-0.39, 0.29) is 0 Å². The van der Waals surface area contributed by atoms with E-state index in [1.54, 1.807) is 12.4 Å². The van der Waals surface area contributed by atoms with Crippen LogP contribution in [-0.2, 0) is 0 Å². The van der Waals surface area contributed by atoms with E-state index in [4.69, 9.17) is 0 Å². The standard InChI is InChI=1S/C14H14N2/c1-3-12-13(5-4-6-14(12)15-2)11-7-9-16-10-8-11/h3-10,15H,1H2,2H3. The van der Waals surface area contributed by atoms with E-state index in [2.05, 4.69) is 22.9 Å². The van der Waals surface area contributed by atoms with E-state index < -0.39 is 0 Å². The monoisotopic (exact) mass is 210 g/mol. The van der Waals surface area contributed by atoms with Crippen LogP contribution in [0.1, 0.15) is 5.56 Å². The minimum absolute atomic E-state index is 1.09. The maximum Gasteiger partial charge on any atom is 0.0417 e. The van der Waals surface area contributed by atoms with Gasteiger partial charge in [0.05, 0.1) is 0 Å². The van der Waals surface area contributed by atoms with Gasteiger partial charge in [-0.25, -0.2) is 0 Å². The highest BCUT2D eigenvalue weighted by molar-refractivity contribution is 5.82. The molecule has 80 valence electrons. The second-order valence-corrected chi connectivity index (χ2v) is 3.46. The maximum atomic E-state index is 4.03. The van der Waals surface area contributed by atoms with Crippen molar-refractivity contribution in [3.8, 4) is 11.1 Å². The molecule has 2 aromatic rings. The Morgan fingerprint density at radius 2 is 1.94 bits per heavy atom. The fourth-order valence-electron chi connectivity index (χ4n) is 1.79. The van der Waals surface area contributed by atoms with Gasteiger partial charge in [-0.15, -0.1) is 0 Å². The molecule has 0 unspecified atom stereocenters. The highest BCUT2D eigenvalue weighted by Crippen LogP contribution is 2.29. The molecule has 0 aliphatic carbocycles. The van der Waals surface area contributed by atoms with E-state index in [1.165, 1.54) is 5.56 Å². The first-order valence-electron chi connectivity index (χ1n) is 5.20. The topological polar surface area (TPSA) is 24.9 Å². The van der Waals surface area contributed by atoms with Gasteiger partial charge < -0.3 is 5.32 Å². The number of hydrogen-bond acceptors (Lipinski definition) is 2. The highest BCUT2D eigenvalue weighted by Gasteiger charge is 2.05. The summed E-state index contributed by atoms with van der Waals surface area (Å²) in [5, 5.41) is 3.17. The van der Waals surface area contributed by atoms with Crippen LogP contribution in [0.2, 0.25) is 0 Å². The van der Waals surface area contributed by atoms with Crippen LogP contribution in [0, 0.1) is 0 Å². The quantitative estimate of drug-likeness (QED) is 0.839. The zero-order valence-corrected chi connectivity index (χ0v) is 9.27. The Morgan fingerprint density at radius 3 is 2.56 bits per heavy atom. The molecule has 0 atom stereocenters. The van der Waals surface area contributed by atoms with E-state index in [9.17, 15) is 0 Å². The van der Waals surface area contributed by atoms with Crippen LogP contribution in [0.5, 0.6) is 0 Å². The van der Waals surface area contributed by atoms with Gasteiger partial charge >= 0.3 is 0 Å². The lowest BCUT2D eigenvalue weighted by atomic mass is 9.99. The third-order valence-electron chi connectivity index (χ3n) is 2.57. The van der Waals surface area contributed by atoms with Gasteiger partial charge in [0.1, 0.15) is 0 Å². The lowest BCUT2D eigenvalue weighted by molar-refractivity contribution is 1.33. The van der Waals surface area contributed by atoms with Crippen molar-refractivity contribution in [2.45, 2.75) is 0 Å². The van der Waals surface area contributed by atoms with Gasteiger partial charge in [0, 0.05) is 30.7 Å². The Morgan fingerprint density at radius 1 is 1.19 bits per heavy atom. The van der Waals surface area contributed by atoms with Gasteiger partial charge in [-0.3, -0.25) is 4.98 Å². The molecule has 1 aromatic carbocycles. The van der Waals surface area contributed by atoms with Crippen LogP contribution in [-0.4, -0.2) is 12.0 Å². The van der Waals surface area contributed by atoms with Crippen molar-refractivity contribution in [3.63, 3.8) is 0 Å². The third-order valence-corrected chi connectivity index (χ3v) is 2.57. The van der Waals surface area contributed by atoms with Crippen molar-refractivity contribution < 1.29 is 0 Å². The number of nitrogens with one attached hydrogen (secondary N) is 1. The lowest BCUT2D eigenvalue weighted by Crippen LogP contribution is -1.93. The van der Waals surface area contributed by atoms with Gasteiger partial charge in [0.2, 0.25) is 0 Å². The molecule has 0 aliphatic heterocycles. The van der Waals surface area contributed by atoms with Gasteiger partial charge in [0.25, 0.3) is 0 Å². The number of anilines is 1. The van der Waals surface area contributed by atoms with Gasteiger partial charge in [-0.05, 0) is 29.3 Å². The zero-order valence-electron chi connectivity index (χ0n) is 9.27. The van der Waals surface area contributed by atoms with Crippen molar-refractivity contribution in [2.75, 3.05) is 12.4 Å². The van der Waals surface area contributed by atoms with Crippen molar-refractivity contribution >= 4 is 11.8 Å². The van der Waals surface area contributed by atoms with Crippen LogP contribution in [0.3, 0.4) is 0 Å². The SMILES string of the molecule is C=Cc1c(NC)cccc1-c1ccncc1. The smallest absolute Gasteiger partial charge is 0.0417 e. The number of pyridine rings is 1. The number of nitrogens with zero attached hydrogens (tertiary/aromatic N) is 1.